The molecule has 0 saturated carbocycles. The molecule has 0 spiro atoms. The van der Waals surface area contributed by atoms with Gasteiger partial charge in [0.2, 0.25) is 5.91 Å². The summed E-state index contributed by atoms with van der Waals surface area (Å²) >= 11 is 0. The molecule has 0 aliphatic carbocycles. The molecule has 4 rings (SSSR count). The Labute approximate surface area is 197 Å². The molecule has 0 radical (unpaired) electrons. The Morgan fingerprint density at radius 1 is 1.00 bits per heavy atom. The van der Waals surface area contributed by atoms with Gasteiger partial charge >= 0.3 is 0 Å². The fraction of sp³-hybridized carbons (Fsp3) is 0.444. The van der Waals surface area contributed by atoms with Crippen molar-refractivity contribution in [1.29, 1.82) is 0 Å². The van der Waals surface area contributed by atoms with Gasteiger partial charge in [0, 0.05) is 39.0 Å². The number of aromatic nitrogens is 3. The molecule has 0 fully saturated rings. The summed E-state index contributed by atoms with van der Waals surface area (Å²) in [6, 6.07) is 14.6. The Hall–Kier alpha value is -2.99. The minimum atomic E-state index is -0.164. The minimum absolute atomic E-state index is 0.0455. The van der Waals surface area contributed by atoms with Crippen molar-refractivity contribution in [3.05, 3.63) is 81.9 Å². The van der Waals surface area contributed by atoms with Gasteiger partial charge in [-0.2, -0.15) is 0 Å². The van der Waals surface area contributed by atoms with E-state index in [9.17, 15) is 4.79 Å². The van der Waals surface area contributed by atoms with Gasteiger partial charge < -0.3 is 9.88 Å². The van der Waals surface area contributed by atoms with E-state index < -0.39 is 0 Å². The number of fused-ring (bicyclic) bond motifs is 1. The third-order valence-electron chi connectivity index (χ3n) is 6.74. The standard InChI is InChI=1S/C27H35N5O/c1-19-16-21(3)24(17-20(19)2)18-31-13-12-25-29-30-27(32(25)15-14-31)22(4)28-26(33)11-10-23-8-6-5-7-9-23/h5-9,16-17,22H,10-15,18H2,1-4H3,(H,28,33)/t22-/m0/s1. The molecule has 1 aromatic heterocycles. The molecule has 3 aromatic rings. The number of amides is 1. The van der Waals surface area contributed by atoms with Crippen LogP contribution in [0.1, 0.15) is 58.9 Å². The first kappa shape index (κ1) is 23.2. The second kappa shape index (κ2) is 10.3. The van der Waals surface area contributed by atoms with E-state index in [1.165, 1.54) is 27.8 Å². The van der Waals surface area contributed by atoms with Gasteiger partial charge in [0.05, 0.1) is 6.04 Å². The number of nitrogens with zero attached hydrogens (tertiary/aromatic N) is 4. The highest BCUT2D eigenvalue weighted by molar-refractivity contribution is 5.76. The van der Waals surface area contributed by atoms with Gasteiger partial charge in [-0.25, -0.2) is 0 Å². The van der Waals surface area contributed by atoms with E-state index in [1.807, 2.05) is 25.1 Å². The lowest BCUT2D eigenvalue weighted by molar-refractivity contribution is -0.121. The Morgan fingerprint density at radius 3 is 2.55 bits per heavy atom. The molecule has 1 N–H and O–H groups in total. The summed E-state index contributed by atoms with van der Waals surface area (Å²) in [6.07, 6.45) is 2.08. The largest absolute Gasteiger partial charge is 0.346 e. The van der Waals surface area contributed by atoms with E-state index in [0.29, 0.717) is 6.42 Å². The van der Waals surface area contributed by atoms with Gasteiger partial charge in [0.1, 0.15) is 5.82 Å². The number of hydrogen-bond donors (Lipinski definition) is 1. The smallest absolute Gasteiger partial charge is 0.220 e. The molecule has 174 valence electrons. The zero-order valence-corrected chi connectivity index (χ0v) is 20.3. The summed E-state index contributed by atoms with van der Waals surface area (Å²) < 4.78 is 2.20. The average molecular weight is 446 g/mol. The zero-order chi connectivity index (χ0) is 23.4. The van der Waals surface area contributed by atoms with Crippen molar-refractivity contribution < 1.29 is 4.79 Å². The molecule has 0 saturated heterocycles. The topological polar surface area (TPSA) is 63.1 Å². The molecule has 6 heteroatoms. The zero-order valence-electron chi connectivity index (χ0n) is 20.3. The molecule has 0 unspecified atom stereocenters. The molecular weight excluding hydrogens is 410 g/mol. The number of carbonyl (C=O) groups excluding carboxylic acids is 1. The lowest BCUT2D eigenvalue weighted by Gasteiger charge is -2.22. The molecule has 33 heavy (non-hydrogen) atoms. The third-order valence-corrected chi connectivity index (χ3v) is 6.74. The Bertz CT molecular complexity index is 1110. The van der Waals surface area contributed by atoms with Crippen LogP contribution in [0.15, 0.2) is 42.5 Å². The molecule has 1 aliphatic rings. The lowest BCUT2D eigenvalue weighted by Crippen LogP contribution is -2.30. The quantitative estimate of drug-likeness (QED) is 0.595. The summed E-state index contributed by atoms with van der Waals surface area (Å²) in [7, 11) is 0. The number of hydrogen-bond acceptors (Lipinski definition) is 4. The van der Waals surface area contributed by atoms with Crippen molar-refractivity contribution >= 4 is 5.91 Å². The monoisotopic (exact) mass is 445 g/mol. The van der Waals surface area contributed by atoms with Crippen molar-refractivity contribution in [2.45, 2.75) is 66.1 Å². The van der Waals surface area contributed by atoms with Crippen LogP contribution in [-0.2, 0) is 30.7 Å². The van der Waals surface area contributed by atoms with Gasteiger partial charge in [-0.3, -0.25) is 9.69 Å². The van der Waals surface area contributed by atoms with Crippen LogP contribution >= 0.6 is 0 Å². The highest BCUT2D eigenvalue weighted by Gasteiger charge is 2.23. The van der Waals surface area contributed by atoms with E-state index in [2.05, 4.69) is 70.0 Å². The van der Waals surface area contributed by atoms with Crippen LogP contribution in [0.3, 0.4) is 0 Å². The minimum Gasteiger partial charge on any atom is -0.346 e. The number of aryl methyl sites for hydroxylation is 4. The summed E-state index contributed by atoms with van der Waals surface area (Å²) in [6.45, 7) is 12.3. The predicted octanol–water partition coefficient (Wildman–Crippen LogP) is 4.07. The maximum atomic E-state index is 12.5. The average Bonchev–Trinajstić information content (AvgIpc) is 3.11. The van der Waals surface area contributed by atoms with Crippen molar-refractivity contribution in [2.24, 2.45) is 0 Å². The van der Waals surface area contributed by atoms with Crippen LogP contribution in [0.2, 0.25) is 0 Å². The molecule has 1 amide bonds. The number of benzene rings is 2. The molecule has 1 aliphatic heterocycles. The molecule has 0 bridgehead atoms. The maximum Gasteiger partial charge on any atom is 0.220 e. The van der Waals surface area contributed by atoms with E-state index in [1.54, 1.807) is 0 Å². The van der Waals surface area contributed by atoms with Crippen molar-refractivity contribution in [2.75, 3.05) is 13.1 Å². The van der Waals surface area contributed by atoms with Crippen LogP contribution in [0.25, 0.3) is 0 Å². The summed E-state index contributed by atoms with van der Waals surface area (Å²) in [5.74, 6) is 1.90. The van der Waals surface area contributed by atoms with Crippen molar-refractivity contribution in [3.63, 3.8) is 0 Å². The molecule has 2 heterocycles. The number of carbonyl (C=O) groups is 1. The Morgan fingerprint density at radius 2 is 1.76 bits per heavy atom. The third kappa shape index (κ3) is 5.69. The Kier molecular flexibility index (Phi) is 7.23. The number of nitrogens with one attached hydrogen (secondary N) is 1. The van der Waals surface area contributed by atoms with E-state index >= 15 is 0 Å². The van der Waals surface area contributed by atoms with Gasteiger partial charge in [0.15, 0.2) is 5.82 Å². The summed E-state index contributed by atoms with van der Waals surface area (Å²) in [5, 5.41) is 12.0. The summed E-state index contributed by atoms with van der Waals surface area (Å²) in [4.78, 5) is 15.0. The van der Waals surface area contributed by atoms with Crippen LogP contribution in [0.4, 0.5) is 0 Å². The fourth-order valence-corrected chi connectivity index (χ4v) is 4.58. The van der Waals surface area contributed by atoms with Crippen LogP contribution < -0.4 is 5.32 Å². The van der Waals surface area contributed by atoms with Crippen LogP contribution in [0.5, 0.6) is 0 Å². The second-order valence-corrected chi connectivity index (χ2v) is 9.29. The number of rotatable bonds is 7. The van der Waals surface area contributed by atoms with E-state index in [-0.39, 0.29) is 11.9 Å². The summed E-state index contributed by atoms with van der Waals surface area (Å²) in [5.41, 5.74) is 6.63. The van der Waals surface area contributed by atoms with Gasteiger partial charge in [0.25, 0.3) is 0 Å². The van der Waals surface area contributed by atoms with Crippen LogP contribution in [0, 0.1) is 20.8 Å². The maximum absolute atomic E-state index is 12.5. The molecule has 2 aromatic carbocycles. The van der Waals surface area contributed by atoms with E-state index in [0.717, 1.165) is 50.7 Å². The first-order valence-electron chi connectivity index (χ1n) is 11.9. The first-order valence-corrected chi connectivity index (χ1v) is 11.9. The van der Waals surface area contributed by atoms with Gasteiger partial charge in [-0.05, 0) is 61.9 Å². The van der Waals surface area contributed by atoms with Crippen molar-refractivity contribution in [1.82, 2.24) is 25.0 Å². The van der Waals surface area contributed by atoms with E-state index in [4.69, 9.17) is 0 Å². The van der Waals surface area contributed by atoms with Crippen molar-refractivity contribution in [3.8, 4) is 0 Å². The van der Waals surface area contributed by atoms with Gasteiger partial charge in [-0.1, -0.05) is 42.5 Å². The highest BCUT2D eigenvalue weighted by atomic mass is 16.1. The molecule has 1 atom stereocenters. The lowest BCUT2D eigenvalue weighted by atomic mass is 10.0. The first-order chi connectivity index (χ1) is 15.9. The molecule has 6 nitrogen and oxygen atoms in total. The fourth-order valence-electron chi connectivity index (χ4n) is 4.58. The predicted molar refractivity (Wildman–Crippen MR) is 131 cm³/mol. The normalized spacial score (nSPS) is 15.0. The Balaban J connectivity index is 1.35. The van der Waals surface area contributed by atoms with Gasteiger partial charge in [-0.15, -0.1) is 10.2 Å². The highest BCUT2D eigenvalue weighted by Crippen LogP contribution is 2.20. The second-order valence-electron chi connectivity index (χ2n) is 9.29. The SMILES string of the molecule is Cc1cc(C)c(CN2CCc3nnc([C@H](C)NC(=O)CCc4ccccc4)n3CC2)cc1C. The molecular formula is C27H35N5O. The van der Waals surface area contributed by atoms with Crippen LogP contribution in [-0.4, -0.2) is 38.7 Å².